The number of aliphatic hydroxyl groups is 1. The summed E-state index contributed by atoms with van der Waals surface area (Å²) in [6, 6.07) is 12.1. The minimum Gasteiger partial charge on any atom is -0.507 e. The van der Waals surface area contributed by atoms with Crippen molar-refractivity contribution in [1.82, 2.24) is 4.90 Å². The lowest BCUT2D eigenvalue weighted by atomic mass is 9.95. The van der Waals surface area contributed by atoms with Gasteiger partial charge in [-0.3, -0.25) is 9.59 Å². The molecule has 0 aliphatic carbocycles. The van der Waals surface area contributed by atoms with Crippen molar-refractivity contribution in [3.63, 3.8) is 0 Å². The Kier molecular flexibility index (Phi) is 5.40. The number of hydrogen-bond acceptors (Lipinski definition) is 4. The molecule has 2 aromatic carbocycles. The van der Waals surface area contributed by atoms with Gasteiger partial charge in [0, 0.05) is 15.5 Å². The number of halogens is 3. The summed E-state index contributed by atoms with van der Waals surface area (Å²) in [5, 5.41) is 13.0. The van der Waals surface area contributed by atoms with Gasteiger partial charge in [-0.05, 0) is 41.3 Å². The largest absolute Gasteiger partial charge is 0.507 e. The number of nitrogens with zero attached hydrogens (tertiary/aromatic N) is 1. The Morgan fingerprint density at radius 3 is 2.50 bits per heavy atom. The maximum atomic E-state index is 13.7. The molecule has 1 saturated heterocycles. The van der Waals surface area contributed by atoms with Crippen LogP contribution in [0.1, 0.15) is 22.0 Å². The van der Waals surface area contributed by atoms with E-state index in [4.69, 9.17) is 11.6 Å². The first-order valence-corrected chi connectivity index (χ1v) is 10.1. The van der Waals surface area contributed by atoms with E-state index in [0.29, 0.717) is 10.6 Å². The fraction of sp³-hybridized carbons (Fsp3) is 0.0909. The summed E-state index contributed by atoms with van der Waals surface area (Å²) in [6.07, 6.45) is 0. The molecule has 0 saturated carbocycles. The van der Waals surface area contributed by atoms with Gasteiger partial charge in [-0.1, -0.05) is 35.9 Å². The highest BCUT2D eigenvalue weighted by atomic mass is 35.5. The third kappa shape index (κ3) is 3.51. The van der Waals surface area contributed by atoms with Gasteiger partial charge in [0.05, 0.1) is 18.2 Å². The van der Waals surface area contributed by atoms with Crippen LogP contribution >= 0.6 is 22.9 Å². The van der Waals surface area contributed by atoms with Gasteiger partial charge in [0.25, 0.3) is 11.7 Å². The Balaban J connectivity index is 1.90. The number of benzene rings is 2. The van der Waals surface area contributed by atoms with Gasteiger partial charge in [0.15, 0.2) is 11.6 Å². The van der Waals surface area contributed by atoms with Crippen molar-refractivity contribution >= 4 is 40.4 Å². The molecule has 8 heteroatoms. The molecule has 1 fully saturated rings. The molecule has 4 rings (SSSR count). The quantitative estimate of drug-likeness (QED) is 0.337. The normalized spacial score (nSPS) is 18.2. The SMILES string of the molecule is O=C1C(=O)N(Cc2cccs2)C(c2ccccc2Cl)/C1=C(\O)c1ccc(F)c(F)c1. The molecule has 1 aliphatic heterocycles. The van der Waals surface area contributed by atoms with Crippen LogP contribution in [0.3, 0.4) is 0 Å². The summed E-state index contributed by atoms with van der Waals surface area (Å²) in [5.74, 6) is -4.59. The maximum Gasteiger partial charge on any atom is 0.295 e. The van der Waals surface area contributed by atoms with Crippen LogP contribution in [0.15, 0.2) is 65.6 Å². The number of rotatable bonds is 4. The van der Waals surface area contributed by atoms with Crippen LogP contribution in [0.5, 0.6) is 0 Å². The zero-order valence-corrected chi connectivity index (χ0v) is 16.9. The summed E-state index contributed by atoms with van der Waals surface area (Å²) in [5.41, 5.74) is 0.106. The molecule has 0 bridgehead atoms. The van der Waals surface area contributed by atoms with Gasteiger partial charge in [0.2, 0.25) is 0 Å². The molecule has 1 aliphatic rings. The molecule has 1 N–H and O–H groups in total. The van der Waals surface area contributed by atoms with Gasteiger partial charge in [0.1, 0.15) is 5.76 Å². The fourth-order valence-corrected chi connectivity index (χ4v) is 4.37. The number of amides is 1. The highest BCUT2D eigenvalue weighted by molar-refractivity contribution is 7.09. The van der Waals surface area contributed by atoms with Crippen LogP contribution in [0.25, 0.3) is 5.76 Å². The summed E-state index contributed by atoms with van der Waals surface area (Å²) >= 11 is 7.76. The number of ketones is 1. The molecule has 1 atom stereocenters. The van der Waals surface area contributed by atoms with Gasteiger partial charge < -0.3 is 10.0 Å². The third-order valence-electron chi connectivity index (χ3n) is 4.84. The molecular formula is C22H14ClF2NO3S. The van der Waals surface area contributed by atoms with E-state index < -0.39 is 35.1 Å². The Bertz CT molecular complexity index is 1180. The van der Waals surface area contributed by atoms with E-state index in [0.717, 1.165) is 23.1 Å². The number of Topliss-reactive ketones (excluding diaryl/α,β-unsaturated/α-hetero) is 1. The van der Waals surface area contributed by atoms with E-state index in [-0.39, 0.29) is 17.7 Å². The van der Waals surface area contributed by atoms with Crippen LogP contribution in [-0.4, -0.2) is 21.7 Å². The lowest BCUT2D eigenvalue weighted by molar-refractivity contribution is -0.140. The van der Waals surface area contributed by atoms with Crippen molar-refractivity contribution in [2.45, 2.75) is 12.6 Å². The predicted molar refractivity (Wildman–Crippen MR) is 110 cm³/mol. The lowest BCUT2D eigenvalue weighted by Gasteiger charge is -2.25. The van der Waals surface area contributed by atoms with E-state index in [2.05, 4.69) is 0 Å². The molecule has 2 heterocycles. The molecule has 1 aromatic heterocycles. The molecule has 152 valence electrons. The Labute approximate surface area is 179 Å². The smallest absolute Gasteiger partial charge is 0.295 e. The fourth-order valence-electron chi connectivity index (χ4n) is 3.43. The van der Waals surface area contributed by atoms with Crippen molar-refractivity contribution in [3.8, 4) is 0 Å². The summed E-state index contributed by atoms with van der Waals surface area (Å²) < 4.78 is 27.1. The molecule has 0 spiro atoms. The van der Waals surface area contributed by atoms with Gasteiger partial charge in [-0.15, -0.1) is 11.3 Å². The van der Waals surface area contributed by atoms with Crippen LogP contribution in [-0.2, 0) is 16.1 Å². The van der Waals surface area contributed by atoms with Crippen molar-refractivity contribution in [3.05, 3.63) is 98.2 Å². The van der Waals surface area contributed by atoms with Gasteiger partial charge in [-0.2, -0.15) is 0 Å². The molecule has 1 unspecified atom stereocenters. The molecule has 0 radical (unpaired) electrons. The minimum atomic E-state index is -1.18. The molecular weight excluding hydrogens is 432 g/mol. The second kappa shape index (κ2) is 8.01. The second-order valence-electron chi connectivity index (χ2n) is 6.66. The van der Waals surface area contributed by atoms with Gasteiger partial charge in [-0.25, -0.2) is 8.78 Å². The van der Waals surface area contributed by atoms with E-state index in [1.165, 1.54) is 16.2 Å². The van der Waals surface area contributed by atoms with Crippen molar-refractivity contribution in [2.75, 3.05) is 0 Å². The molecule has 3 aromatic rings. The average Bonchev–Trinajstić information content (AvgIpc) is 3.32. The van der Waals surface area contributed by atoms with Crippen molar-refractivity contribution in [1.29, 1.82) is 0 Å². The second-order valence-corrected chi connectivity index (χ2v) is 8.10. The first-order chi connectivity index (χ1) is 14.4. The van der Waals surface area contributed by atoms with Crippen LogP contribution in [0.4, 0.5) is 8.78 Å². The van der Waals surface area contributed by atoms with E-state index >= 15 is 0 Å². The Morgan fingerprint density at radius 2 is 1.83 bits per heavy atom. The maximum absolute atomic E-state index is 13.7. The van der Waals surface area contributed by atoms with E-state index in [9.17, 15) is 23.5 Å². The number of thiophene rings is 1. The number of carbonyl (C=O) groups is 2. The lowest BCUT2D eigenvalue weighted by Crippen LogP contribution is -2.29. The number of likely N-dealkylation sites (tertiary alicyclic amines) is 1. The Hall–Kier alpha value is -3.03. The number of hydrogen-bond donors (Lipinski definition) is 1. The van der Waals surface area contributed by atoms with Crippen LogP contribution in [0.2, 0.25) is 5.02 Å². The highest BCUT2D eigenvalue weighted by Gasteiger charge is 2.46. The zero-order chi connectivity index (χ0) is 21.4. The van der Waals surface area contributed by atoms with Gasteiger partial charge >= 0.3 is 0 Å². The van der Waals surface area contributed by atoms with Crippen molar-refractivity contribution in [2.24, 2.45) is 0 Å². The first-order valence-electron chi connectivity index (χ1n) is 8.89. The Morgan fingerprint density at radius 1 is 1.07 bits per heavy atom. The van der Waals surface area contributed by atoms with E-state index in [1.807, 2.05) is 17.5 Å². The minimum absolute atomic E-state index is 0.111. The molecule has 4 nitrogen and oxygen atoms in total. The first kappa shape index (κ1) is 20.3. The average molecular weight is 446 g/mol. The van der Waals surface area contributed by atoms with Crippen molar-refractivity contribution < 1.29 is 23.5 Å². The summed E-state index contributed by atoms with van der Waals surface area (Å²) in [4.78, 5) is 27.9. The molecule has 1 amide bonds. The van der Waals surface area contributed by atoms with E-state index in [1.54, 1.807) is 24.3 Å². The summed E-state index contributed by atoms with van der Waals surface area (Å²) in [7, 11) is 0. The topological polar surface area (TPSA) is 57.6 Å². The number of carbonyl (C=O) groups excluding carboxylic acids is 2. The monoisotopic (exact) mass is 445 g/mol. The highest BCUT2D eigenvalue weighted by Crippen LogP contribution is 2.42. The third-order valence-corrected chi connectivity index (χ3v) is 6.04. The standard InChI is InChI=1S/C22H14ClF2NO3S/c23-15-6-2-1-5-14(15)19-18(20(27)12-7-8-16(24)17(25)10-12)21(28)22(29)26(19)11-13-4-3-9-30-13/h1-10,19,27H,11H2/b20-18+. The summed E-state index contributed by atoms with van der Waals surface area (Å²) in [6.45, 7) is 0.132. The van der Waals surface area contributed by atoms with Crippen LogP contribution < -0.4 is 0 Å². The van der Waals surface area contributed by atoms with Crippen LogP contribution in [0, 0.1) is 11.6 Å². The zero-order valence-electron chi connectivity index (χ0n) is 15.3. The predicted octanol–water partition coefficient (Wildman–Crippen LogP) is 5.30. The molecule has 30 heavy (non-hydrogen) atoms. The number of aliphatic hydroxyl groups excluding tert-OH is 1.